The first-order valence-electron chi connectivity index (χ1n) is 7.38. The van der Waals surface area contributed by atoms with Crippen molar-refractivity contribution in [2.24, 2.45) is 0 Å². The lowest BCUT2D eigenvalue weighted by atomic mass is 9.86. The summed E-state index contributed by atoms with van der Waals surface area (Å²) in [6.07, 6.45) is 1.78. The molecule has 1 unspecified atom stereocenters. The average molecular weight is 289 g/mol. The van der Waals surface area contributed by atoms with Crippen molar-refractivity contribution in [3.63, 3.8) is 0 Å². The van der Waals surface area contributed by atoms with Crippen LogP contribution in [0.1, 0.15) is 56.5 Å². The number of carbonyl (C=O) groups excluding carboxylic acids is 1. The second-order valence-corrected chi connectivity index (χ2v) is 6.79. The minimum absolute atomic E-state index is 0.0338. The van der Waals surface area contributed by atoms with Gasteiger partial charge in [-0.25, -0.2) is 4.79 Å². The number of nitrogens with zero attached hydrogens (tertiary/aromatic N) is 1. The molecule has 1 atom stereocenters. The molecule has 1 aliphatic carbocycles. The van der Waals surface area contributed by atoms with Gasteiger partial charge >= 0.3 is 5.97 Å². The Morgan fingerprint density at radius 1 is 1.19 bits per heavy atom. The lowest BCUT2D eigenvalue weighted by Gasteiger charge is -2.27. The maximum absolute atomic E-state index is 12.6. The molecule has 1 aromatic rings. The summed E-state index contributed by atoms with van der Waals surface area (Å²) >= 11 is 0. The van der Waals surface area contributed by atoms with E-state index in [9.17, 15) is 14.7 Å². The molecule has 1 fully saturated rings. The zero-order valence-electron chi connectivity index (χ0n) is 13.1. The van der Waals surface area contributed by atoms with Crippen molar-refractivity contribution in [3.8, 4) is 0 Å². The van der Waals surface area contributed by atoms with Crippen molar-refractivity contribution >= 4 is 11.9 Å². The molecule has 4 heteroatoms. The molecule has 1 saturated carbocycles. The molecular weight excluding hydrogens is 266 g/mol. The van der Waals surface area contributed by atoms with Gasteiger partial charge in [-0.1, -0.05) is 32.9 Å². The second-order valence-electron chi connectivity index (χ2n) is 6.79. The predicted molar refractivity (Wildman–Crippen MR) is 81.4 cm³/mol. The van der Waals surface area contributed by atoms with E-state index in [1.807, 2.05) is 12.1 Å². The molecule has 1 aliphatic rings. The van der Waals surface area contributed by atoms with Gasteiger partial charge in [0.15, 0.2) is 0 Å². The van der Waals surface area contributed by atoms with Gasteiger partial charge in [-0.2, -0.15) is 0 Å². The summed E-state index contributed by atoms with van der Waals surface area (Å²) in [5, 5.41) is 9.18. The van der Waals surface area contributed by atoms with E-state index < -0.39 is 12.0 Å². The van der Waals surface area contributed by atoms with Crippen LogP contribution < -0.4 is 0 Å². The fraction of sp³-hybridized carbons (Fsp3) is 0.529. The summed E-state index contributed by atoms with van der Waals surface area (Å²) in [5.74, 6) is -1.14. The largest absolute Gasteiger partial charge is 0.480 e. The van der Waals surface area contributed by atoms with E-state index in [0.717, 1.165) is 18.4 Å². The van der Waals surface area contributed by atoms with Crippen molar-refractivity contribution in [2.75, 3.05) is 0 Å². The lowest BCUT2D eigenvalue weighted by molar-refractivity contribution is -0.141. The standard InChI is InChI=1S/C17H23NO3/c1-11(16(20)21)18(14-9-10-14)15(19)12-5-7-13(8-6-12)17(2,3)4/h5-8,11,14H,9-10H2,1-4H3,(H,20,21). The number of rotatable bonds is 4. The highest BCUT2D eigenvalue weighted by Crippen LogP contribution is 2.31. The molecule has 0 heterocycles. The van der Waals surface area contributed by atoms with Gasteiger partial charge < -0.3 is 10.0 Å². The van der Waals surface area contributed by atoms with Gasteiger partial charge in [0.1, 0.15) is 6.04 Å². The van der Waals surface area contributed by atoms with Gasteiger partial charge in [0.05, 0.1) is 0 Å². The van der Waals surface area contributed by atoms with Gasteiger partial charge in [-0.15, -0.1) is 0 Å². The molecule has 0 spiro atoms. The summed E-state index contributed by atoms with van der Waals surface area (Å²) in [6, 6.07) is 6.78. The van der Waals surface area contributed by atoms with Crippen molar-refractivity contribution in [2.45, 2.75) is 58.0 Å². The first-order valence-corrected chi connectivity index (χ1v) is 7.38. The smallest absolute Gasteiger partial charge is 0.326 e. The Bertz CT molecular complexity index is 538. The zero-order chi connectivity index (χ0) is 15.8. The van der Waals surface area contributed by atoms with Gasteiger partial charge in [0.25, 0.3) is 5.91 Å². The molecule has 1 N–H and O–H groups in total. The molecule has 114 valence electrons. The number of aliphatic carboxylic acids is 1. The molecule has 2 rings (SSSR count). The molecule has 0 bridgehead atoms. The van der Waals surface area contributed by atoms with Crippen molar-refractivity contribution in [1.82, 2.24) is 4.90 Å². The van der Waals surface area contributed by atoms with E-state index in [2.05, 4.69) is 20.8 Å². The van der Waals surface area contributed by atoms with Crippen LogP contribution in [0.4, 0.5) is 0 Å². The van der Waals surface area contributed by atoms with Crippen LogP contribution in [0.5, 0.6) is 0 Å². The summed E-state index contributed by atoms with van der Waals surface area (Å²) in [4.78, 5) is 25.3. The Morgan fingerprint density at radius 3 is 2.10 bits per heavy atom. The van der Waals surface area contributed by atoms with Crippen LogP contribution >= 0.6 is 0 Å². The topological polar surface area (TPSA) is 57.6 Å². The van der Waals surface area contributed by atoms with Crippen LogP contribution in [-0.4, -0.2) is 34.0 Å². The Labute approximate surface area is 125 Å². The van der Waals surface area contributed by atoms with E-state index in [0.29, 0.717) is 5.56 Å². The summed E-state index contributed by atoms with van der Waals surface area (Å²) in [5.41, 5.74) is 1.75. The average Bonchev–Trinajstić information content (AvgIpc) is 3.22. The van der Waals surface area contributed by atoms with Crippen LogP contribution in [0, 0.1) is 0 Å². The number of hydrogen-bond acceptors (Lipinski definition) is 2. The number of carboxylic acids is 1. The molecule has 1 aromatic carbocycles. The maximum Gasteiger partial charge on any atom is 0.326 e. The van der Waals surface area contributed by atoms with Gasteiger partial charge in [-0.3, -0.25) is 4.79 Å². The number of benzene rings is 1. The number of carbonyl (C=O) groups is 2. The Morgan fingerprint density at radius 2 is 1.71 bits per heavy atom. The van der Waals surface area contributed by atoms with Crippen LogP contribution in [0.2, 0.25) is 0 Å². The minimum Gasteiger partial charge on any atom is -0.480 e. The van der Waals surface area contributed by atoms with Gasteiger partial charge in [0.2, 0.25) is 0 Å². The van der Waals surface area contributed by atoms with Crippen LogP contribution in [0.25, 0.3) is 0 Å². The first-order chi connectivity index (χ1) is 9.71. The maximum atomic E-state index is 12.6. The fourth-order valence-electron chi connectivity index (χ4n) is 2.39. The Kier molecular flexibility index (Phi) is 4.08. The molecule has 0 aliphatic heterocycles. The van der Waals surface area contributed by atoms with Crippen LogP contribution in [0.15, 0.2) is 24.3 Å². The van der Waals surface area contributed by atoms with Crippen molar-refractivity contribution in [3.05, 3.63) is 35.4 Å². The predicted octanol–water partition coefficient (Wildman–Crippen LogP) is 3.06. The second kappa shape index (κ2) is 5.51. The molecule has 4 nitrogen and oxygen atoms in total. The highest BCUT2D eigenvalue weighted by molar-refractivity contribution is 5.97. The normalized spacial score (nSPS) is 16.4. The lowest BCUT2D eigenvalue weighted by Crippen LogP contribution is -2.44. The zero-order valence-corrected chi connectivity index (χ0v) is 13.1. The van der Waals surface area contributed by atoms with E-state index in [4.69, 9.17) is 0 Å². The van der Waals surface area contributed by atoms with E-state index in [1.54, 1.807) is 19.1 Å². The number of hydrogen-bond donors (Lipinski definition) is 1. The van der Waals surface area contributed by atoms with Crippen LogP contribution in [0.3, 0.4) is 0 Å². The quantitative estimate of drug-likeness (QED) is 0.926. The third-order valence-electron chi connectivity index (χ3n) is 3.95. The monoisotopic (exact) mass is 289 g/mol. The SMILES string of the molecule is CC(C(=O)O)N(C(=O)c1ccc(C(C)(C)C)cc1)C1CC1. The number of amides is 1. The first kappa shape index (κ1) is 15.5. The molecule has 0 saturated heterocycles. The van der Waals surface area contributed by atoms with Crippen molar-refractivity contribution < 1.29 is 14.7 Å². The van der Waals surface area contributed by atoms with Gasteiger partial charge in [-0.05, 0) is 42.9 Å². The molecule has 1 amide bonds. The van der Waals surface area contributed by atoms with E-state index in [1.165, 1.54) is 4.90 Å². The highest BCUT2D eigenvalue weighted by atomic mass is 16.4. The third kappa shape index (κ3) is 3.43. The Hall–Kier alpha value is -1.84. The van der Waals surface area contributed by atoms with Crippen molar-refractivity contribution in [1.29, 1.82) is 0 Å². The summed E-state index contributed by atoms with van der Waals surface area (Å²) < 4.78 is 0. The highest BCUT2D eigenvalue weighted by Gasteiger charge is 2.38. The molecular formula is C17H23NO3. The minimum atomic E-state index is -0.957. The van der Waals surface area contributed by atoms with Gasteiger partial charge in [0, 0.05) is 11.6 Å². The third-order valence-corrected chi connectivity index (χ3v) is 3.95. The molecule has 0 aromatic heterocycles. The van der Waals surface area contributed by atoms with E-state index >= 15 is 0 Å². The molecule has 0 radical (unpaired) electrons. The van der Waals surface area contributed by atoms with Crippen LogP contribution in [-0.2, 0) is 10.2 Å². The fourth-order valence-corrected chi connectivity index (χ4v) is 2.39. The Balaban J connectivity index is 2.23. The summed E-state index contributed by atoms with van der Waals surface area (Å²) in [6.45, 7) is 7.93. The van der Waals surface area contributed by atoms with E-state index in [-0.39, 0.29) is 17.4 Å². The molecule has 21 heavy (non-hydrogen) atoms. The number of carboxylic acid groups (broad SMARTS) is 1. The summed E-state index contributed by atoms with van der Waals surface area (Å²) in [7, 11) is 0.